The Morgan fingerprint density at radius 3 is 2.82 bits per heavy atom. The van der Waals surface area contributed by atoms with Crippen LogP contribution in [0.3, 0.4) is 0 Å². The van der Waals surface area contributed by atoms with Gasteiger partial charge in [-0.1, -0.05) is 20.8 Å². The van der Waals surface area contributed by atoms with Crippen LogP contribution in [0.25, 0.3) is 0 Å². The van der Waals surface area contributed by atoms with Crippen molar-refractivity contribution in [3.8, 4) is 0 Å². The lowest BCUT2D eigenvalue weighted by molar-refractivity contribution is -0.130. The summed E-state index contributed by atoms with van der Waals surface area (Å²) in [7, 11) is 1.72. The van der Waals surface area contributed by atoms with Gasteiger partial charge in [0.15, 0.2) is 0 Å². The zero-order chi connectivity index (χ0) is 12.9. The molecule has 1 heterocycles. The van der Waals surface area contributed by atoms with Gasteiger partial charge in [-0.3, -0.25) is 4.79 Å². The summed E-state index contributed by atoms with van der Waals surface area (Å²) in [5.41, 5.74) is 0.132. The average molecular weight is 242 g/mol. The standard InChI is InChI=1S/C13H26N2O2/c1-5-14-11-6-8-15(12(11)16)10-13(2,3)7-9-17-4/h11,14H,5-10H2,1-4H3. The molecule has 17 heavy (non-hydrogen) atoms. The molecule has 1 aliphatic heterocycles. The second kappa shape index (κ2) is 6.36. The molecular weight excluding hydrogens is 216 g/mol. The third kappa shape index (κ3) is 4.28. The van der Waals surface area contributed by atoms with Gasteiger partial charge in [0.05, 0.1) is 6.04 Å². The number of hydrogen-bond acceptors (Lipinski definition) is 3. The van der Waals surface area contributed by atoms with Crippen LogP contribution in [0.2, 0.25) is 0 Å². The maximum absolute atomic E-state index is 12.1. The second-order valence-electron chi connectivity index (χ2n) is 5.57. The molecule has 0 aromatic rings. The second-order valence-corrected chi connectivity index (χ2v) is 5.57. The molecule has 1 fully saturated rings. The number of ether oxygens (including phenoxy) is 1. The number of carbonyl (C=O) groups excluding carboxylic acids is 1. The number of likely N-dealkylation sites (N-methyl/N-ethyl adjacent to an activating group) is 1. The number of nitrogens with one attached hydrogen (secondary N) is 1. The number of carbonyl (C=O) groups is 1. The van der Waals surface area contributed by atoms with Crippen LogP contribution in [0.4, 0.5) is 0 Å². The van der Waals surface area contributed by atoms with Crippen LogP contribution in [0, 0.1) is 5.41 Å². The van der Waals surface area contributed by atoms with E-state index in [9.17, 15) is 4.79 Å². The summed E-state index contributed by atoms with van der Waals surface area (Å²) in [5.74, 6) is 0.261. The third-order valence-electron chi connectivity index (χ3n) is 3.35. The summed E-state index contributed by atoms with van der Waals surface area (Å²) < 4.78 is 5.11. The molecule has 0 spiro atoms. The Hall–Kier alpha value is -0.610. The maximum atomic E-state index is 12.1. The van der Waals surface area contributed by atoms with Crippen molar-refractivity contribution in [3.05, 3.63) is 0 Å². The molecule has 1 atom stereocenters. The summed E-state index contributed by atoms with van der Waals surface area (Å²) in [6.45, 7) is 9.76. The lowest BCUT2D eigenvalue weighted by Gasteiger charge is -2.30. The number of methoxy groups -OCH3 is 1. The summed E-state index contributed by atoms with van der Waals surface area (Å²) >= 11 is 0. The molecule has 1 rings (SSSR count). The van der Waals surface area contributed by atoms with Crippen molar-refractivity contribution in [2.75, 3.05) is 33.4 Å². The lowest BCUT2D eigenvalue weighted by Crippen LogP contribution is -2.41. The molecule has 0 saturated carbocycles. The van der Waals surface area contributed by atoms with E-state index in [4.69, 9.17) is 4.74 Å². The number of rotatable bonds is 7. The van der Waals surface area contributed by atoms with Crippen molar-refractivity contribution >= 4 is 5.91 Å². The minimum atomic E-state index is 0.0400. The van der Waals surface area contributed by atoms with Crippen molar-refractivity contribution in [1.29, 1.82) is 0 Å². The predicted octanol–water partition coefficient (Wildman–Crippen LogP) is 1.26. The van der Waals surface area contributed by atoms with Gasteiger partial charge in [-0.25, -0.2) is 0 Å². The van der Waals surface area contributed by atoms with Crippen LogP contribution < -0.4 is 5.32 Å². The number of hydrogen-bond donors (Lipinski definition) is 1. The number of nitrogens with zero attached hydrogens (tertiary/aromatic N) is 1. The first kappa shape index (κ1) is 14.5. The van der Waals surface area contributed by atoms with E-state index >= 15 is 0 Å². The highest BCUT2D eigenvalue weighted by atomic mass is 16.5. The molecule has 1 saturated heterocycles. The highest BCUT2D eigenvalue weighted by Gasteiger charge is 2.34. The number of likely N-dealkylation sites (tertiary alicyclic amines) is 1. The topological polar surface area (TPSA) is 41.6 Å². The SMILES string of the molecule is CCNC1CCN(CC(C)(C)CCOC)C1=O. The molecule has 1 aliphatic rings. The first-order valence-corrected chi connectivity index (χ1v) is 6.51. The van der Waals surface area contributed by atoms with Gasteiger partial charge < -0.3 is 15.0 Å². The molecule has 0 aliphatic carbocycles. The molecule has 1 amide bonds. The summed E-state index contributed by atoms with van der Waals surface area (Å²) in [6.07, 6.45) is 1.92. The van der Waals surface area contributed by atoms with E-state index in [2.05, 4.69) is 19.2 Å². The zero-order valence-electron chi connectivity index (χ0n) is 11.6. The normalized spacial score (nSPS) is 21.3. The average Bonchev–Trinajstić information content (AvgIpc) is 2.59. The van der Waals surface area contributed by atoms with E-state index in [0.717, 1.165) is 39.1 Å². The minimum absolute atomic E-state index is 0.0400. The molecule has 100 valence electrons. The third-order valence-corrected chi connectivity index (χ3v) is 3.35. The molecule has 4 nitrogen and oxygen atoms in total. The molecule has 0 aromatic heterocycles. The Balaban J connectivity index is 2.44. The van der Waals surface area contributed by atoms with Crippen molar-refractivity contribution in [1.82, 2.24) is 10.2 Å². The van der Waals surface area contributed by atoms with E-state index in [1.54, 1.807) is 7.11 Å². The van der Waals surface area contributed by atoms with Crippen molar-refractivity contribution < 1.29 is 9.53 Å². The van der Waals surface area contributed by atoms with E-state index < -0.39 is 0 Å². The molecule has 0 aromatic carbocycles. The van der Waals surface area contributed by atoms with Gasteiger partial charge in [0.25, 0.3) is 0 Å². The van der Waals surface area contributed by atoms with Crippen molar-refractivity contribution in [2.45, 2.75) is 39.7 Å². The summed E-state index contributed by atoms with van der Waals surface area (Å²) in [4.78, 5) is 14.1. The van der Waals surface area contributed by atoms with E-state index in [0.29, 0.717) is 0 Å². The van der Waals surface area contributed by atoms with Gasteiger partial charge in [0, 0.05) is 26.8 Å². The highest BCUT2D eigenvalue weighted by Crippen LogP contribution is 2.24. The first-order chi connectivity index (χ1) is 8.00. The Labute approximate surface area is 105 Å². The van der Waals surface area contributed by atoms with Gasteiger partial charge in [-0.2, -0.15) is 0 Å². The van der Waals surface area contributed by atoms with Gasteiger partial charge in [-0.15, -0.1) is 0 Å². The lowest BCUT2D eigenvalue weighted by atomic mass is 9.89. The molecule has 0 bridgehead atoms. The van der Waals surface area contributed by atoms with E-state index in [1.165, 1.54) is 0 Å². The van der Waals surface area contributed by atoms with Crippen LogP contribution in [0.5, 0.6) is 0 Å². The van der Waals surface area contributed by atoms with E-state index in [1.807, 2.05) is 11.8 Å². The predicted molar refractivity (Wildman–Crippen MR) is 68.9 cm³/mol. The summed E-state index contributed by atoms with van der Waals surface area (Å²) in [6, 6.07) is 0.0400. The van der Waals surface area contributed by atoms with Gasteiger partial charge >= 0.3 is 0 Å². The van der Waals surface area contributed by atoms with Gasteiger partial charge in [-0.05, 0) is 24.8 Å². The van der Waals surface area contributed by atoms with Crippen LogP contribution in [-0.4, -0.2) is 50.2 Å². The maximum Gasteiger partial charge on any atom is 0.239 e. The van der Waals surface area contributed by atoms with Crippen molar-refractivity contribution in [3.63, 3.8) is 0 Å². The smallest absolute Gasteiger partial charge is 0.239 e. The van der Waals surface area contributed by atoms with Crippen LogP contribution in [0.15, 0.2) is 0 Å². The fourth-order valence-corrected chi connectivity index (χ4v) is 2.31. The minimum Gasteiger partial charge on any atom is -0.385 e. The Bertz CT molecular complexity index is 254. The fourth-order valence-electron chi connectivity index (χ4n) is 2.31. The molecule has 0 radical (unpaired) electrons. The van der Waals surface area contributed by atoms with Crippen molar-refractivity contribution in [2.24, 2.45) is 5.41 Å². The summed E-state index contributed by atoms with van der Waals surface area (Å²) in [5, 5.41) is 3.24. The first-order valence-electron chi connectivity index (χ1n) is 6.51. The van der Waals surface area contributed by atoms with E-state index in [-0.39, 0.29) is 17.4 Å². The quantitative estimate of drug-likeness (QED) is 0.731. The monoisotopic (exact) mass is 242 g/mol. The molecule has 4 heteroatoms. The Morgan fingerprint density at radius 1 is 1.53 bits per heavy atom. The molecule has 1 unspecified atom stereocenters. The van der Waals surface area contributed by atoms with Gasteiger partial charge in [0.2, 0.25) is 5.91 Å². The van der Waals surface area contributed by atoms with Crippen LogP contribution in [0.1, 0.15) is 33.6 Å². The Morgan fingerprint density at radius 2 is 2.24 bits per heavy atom. The highest BCUT2D eigenvalue weighted by molar-refractivity contribution is 5.84. The van der Waals surface area contributed by atoms with Gasteiger partial charge in [0.1, 0.15) is 0 Å². The fraction of sp³-hybridized carbons (Fsp3) is 0.923. The molecule has 1 N–H and O–H groups in total. The van der Waals surface area contributed by atoms with Crippen LogP contribution >= 0.6 is 0 Å². The largest absolute Gasteiger partial charge is 0.385 e. The Kier molecular flexibility index (Phi) is 5.40. The number of amides is 1. The van der Waals surface area contributed by atoms with Crippen LogP contribution in [-0.2, 0) is 9.53 Å². The molecular formula is C13H26N2O2. The zero-order valence-corrected chi connectivity index (χ0v) is 11.6.